The van der Waals surface area contributed by atoms with E-state index in [0.29, 0.717) is 12.0 Å². The van der Waals surface area contributed by atoms with Gasteiger partial charge in [0, 0.05) is 19.5 Å². The van der Waals surface area contributed by atoms with E-state index in [0.717, 1.165) is 4.90 Å². The Labute approximate surface area is 343 Å². The van der Waals surface area contributed by atoms with Gasteiger partial charge in [-0.2, -0.15) is 0 Å². The molecule has 0 saturated carbocycles. The molecule has 0 aliphatic carbocycles. The lowest BCUT2D eigenvalue weighted by atomic mass is 9.98. The molecular weight excluding hydrogens is 770 g/mol. The number of aliphatic carboxylic acids is 1. The van der Waals surface area contributed by atoms with Crippen molar-refractivity contribution in [2.45, 2.75) is 115 Å². The summed E-state index contributed by atoms with van der Waals surface area (Å²) in [6, 6.07) is -0.281. The molecule has 1 aromatic rings. The van der Waals surface area contributed by atoms with Crippen molar-refractivity contribution < 1.29 is 48.6 Å². The van der Waals surface area contributed by atoms with Gasteiger partial charge in [0.15, 0.2) is 5.96 Å². The first-order valence-corrected chi connectivity index (χ1v) is 19.5. The molecule has 59 heavy (non-hydrogen) atoms. The number of aliphatic imine (C=N–C) groups is 1. The summed E-state index contributed by atoms with van der Waals surface area (Å²) in [5, 5.41) is 32.0. The molecule has 0 bridgehead atoms. The zero-order valence-corrected chi connectivity index (χ0v) is 34.0. The zero-order chi connectivity index (χ0) is 44.4. The molecule has 1 aromatic carbocycles. The lowest BCUT2D eigenvalue weighted by Crippen LogP contribution is -2.61. The van der Waals surface area contributed by atoms with Crippen LogP contribution in [-0.4, -0.2) is 130 Å². The Balaban J connectivity index is 2.36. The number of primary amides is 1. The quantitative estimate of drug-likeness (QED) is 0.0276. The van der Waals surface area contributed by atoms with E-state index in [1.807, 2.05) is 13.8 Å². The van der Waals surface area contributed by atoms with Crippen molar-refractivity contribution in [3.05, 3.63) is 35.9 Å². The number of nitrogens with two attached hydrogens (primary N) is 4. The van der Waals surface area contributed by atoms with Crippen molar-refractivity contribution in [1.82, 2.24) is 31.5 Å². The Morgan fingerprint density at radius 3 is 1.93 bits per heavy atom. The lowest BCUT2D eigenvalue weighted by Gasteiger charge is -2.30. The lowest BCUT2D eigenvalue weighted by molar-refractivity contribution is -0.149. The summed E-state index contributed by atoms with van der Waals surface area (Å²) < 4.78 is 0. The molecule has 0 aromatic heterocycles. The number of carboxylic acids is 1. The van der Waals surface area contributed by atoms with Gasteiger partial charge in [0.05, 0.1) is 13.0 Å². The van der Waals surface area contributed by atoms with Gasteiger partial charge in [-0.3, -0.25) is 38.6 Å². The first-order chi connectivity index (χ1) is 27.7. The van der Waals surface area contributed by atoms with Gasteiger partial charge < -0.3 is 64.6 Å². The Bertz CT molecular complexity index is 1660. The Morgan fingerprint density at radius 1 is 0.797 bits per heavy atom. The predicted octanol–water partition coefficient (Wildman–Crippen LogP) is -3.32. The minimum absolute atomic E-state index is 0.0281. The smallest absolute Gasteiger partial charge is 0.326 e. The molecular formula is C38H61N11O10. The molecule has 15 N–H and O–H groups in total. The molecule has 7 atom stereocenters. The van der Waals surface area contributed by atoms with E-state index in [-0.39, 0.29) is 57.1 Å². The van der Waals surface area contributed by atoms with Crippen molar-refractivity contribution in [2.24, 2.45) is 39.8 Å². The largest absolute Gasteiger partial charge is 0.480 e. The number of carbonyl (C=O) groups excluding carboxylic acids is 7. The van der Waals surface area contributed by atoms with E-state index < -0.39 is 109 Å². The number of guanidine groups is 1. The van der Waals surface area contributed by atoms with Crippen LogP contribution in [0.3, 0.4) is 0 Å². The second-order valence-corrected chi connectivity index (χ2v) is 15.2. The molecule has 1 aliphatic heterocycles. The predicted molar refractivity (Wildman–Crippen MR) is 215 cm³/mol. The summed E-state index contributed by atoms with van der Waals surface area (Å²) in [5.41, 5.74) is 22.6. The van der Waals surface area contributed by atoms with Gasteiger partial charge in [0.1, 0.15) is 42.3 Å². The van der Waals surface area contributed by atoms with Crippen molar-refractivity contribution >= 4 is 53.3 Å². The molecule has 7 amide bonds. The van der Waals surface area contributed by atoms with Gasteiger partial charge in [-0.25, -0.2) is 4.79 Å². The monoisotopic (exact) mass is 831 g/mol. The molecule has 0 unspecified atom stereocenters. The zero-order valence-electron chi connectivity index (χ0n) is 34.0. The summed E-state index contributed by atoms with van der Waals surface area (Å²) in [6.07, 6.45) is 0.139. The maximum absolute atomic E-state index is 13.9. The van der Waals surface area contributed by atoms with E-state index in [2.05, 4.69) is 31.6 Å². The van der Waals surface area contributed by atoms with Gasteiger partial charge in [0.2, 0.25) is 41.4 Å². The number of rotatable bonds is 24. The van der Waals surface area contributed by atoms with E-state index in [4.69, 9.17) is 22.9 Å². The molecule has 1 heterocycles. The number of carbonyl (C=O) groups is 8. The van der Waals surface area contributed by atoms with Crippen LogP contribution in [0.4, 0.5) is 0 Å². The molecule has 0 radical (unpaired) electrons. The maximum atomic E-state index is 13.9. The summed E-state index contributed by atoms with van der Waals surface area (Å²) in [5.74, 6) is -7.90. The third-order valence-corrected chi connectivity index (χ3v) is 9.46. The van der Waals surface area contributed by atoms with Crippen LogP contribution in [0.15, 0.2) is 35.3 Å². The van der Waals surface area contributed by atoms with E-state index in [1.165, 1.54) is 0 Å². The standard InChI is InChI=1S/C38H61N11O10/c1-20(2)16-25(46-33(54)26(45-31(52)23(39)19-50)17-22-10-6-5-7-11-22)34(55)48-30(21(3)4)35(56)44-24(12-8-14-43-38(41)42)32(53)47-27(18-29(40)51)36(57)49-15-9-13-28(49)37(58)59/h5-7,10-11,20-21,23-28,30,50H,8-9,12-19,39H2,1-4H3,(H2,40,51)(H,44,56)(H,45,52)(H,46,54)(H,47,53)(H,48,55)(H,58,59)(H4,41,42,43)/t23-,24-,25-,26-,27-,28-,30-/m0/s1. The molecule has 1 saturated heterocycles. The highest BCUT2D eigenvalue weighted by molar-refractivity contribution is 5.98. The number of aliphatic hydroxyl groups excluding tert-OH is 1. The number of aliphatic hydroxyl groups is 1. The average Bonchev–Trinajstić information content (AvgIpc) is 3.67. The summed E-state index contributed by atoms with van der Waals surface area (Å²) in [7, 11) is 0. The third kappa shape index (κ3) is 16.5. The van der Waals surface area contributed by atoms with Crippen LogP contribution in [0.2, 0.25) is 0 Å². The first kappa shape index (κ1) is 49.3. The Morgan fingerprint density at radius 2 is 1.37 bits per heavy atom. The van der Waals surface area contributed by atoms with Crippen LogP contribution in [0, 0.1) is 11.8 Å². The SMILES string of the molecule is CC(C)C[C@H](NC(=O)[C@H](Cc1ccccc1)NC(=O)[C@@H](N)CO)C(=O)N[C@H](C(=O)N[C@@H](CCCN=C(N)N)C(=O)N[C@@H](CC(N)=O)C(=O)N1CCC[C@H]1C(=O)O)C(C)C. The second-order valence-electron chi connectivity index (χ2n) is 15.2. The highest BCUT2D eigenvalue weighted by Crippen LogP contribution is 2.19. The van der Waals surface area contributed by atoms with Gasteiger partial charge in [0.25, 0.3) is 0 Å². The molecule has 21 nitrogen and oxygen atoms in total. The van der Waals surface area contributed by atoms with Gasteiger partial charge in [-0.15, -0.1) is 0 Å². The second kappa shape index (κ2) is 24.2. The molecule has 1 fully saturated rings. The first-order valence-electron chi connectivity index (χ1n) is 19.5. The molecule has 2 rings (SSSR count). The number of likely N-dealkylation sites (tertiary alicyclic amines) is 1. The van der Waals surface area contributed by atoms with Crippen LogP contribution in [0.1, 0.15) is 71.8 Å². The number of nitrogens with zero attached hydrogens (tertiary/aromatic N) is 2. The van der Waals surface area contributed by atoms with Gasteiger partial charge >= 0.3 is 5.97 Å². The van der Waals surface area contributed by atoms with Crippen LogP contribution < -0.4 is 49.5 Å². The summed E-state index contributed by atoms with van der Waals surface area (Å²) in [4.78, 5) is 110. The normalized spacial score (nSPS) is 16.7. The Kier molecular flexibility index (Phi) is 20.2. The fourth-order valence-corrected chi connectivity index (χ4v) is 6.38. The molecule has 0 spiro atoms. The van der Waals surface area contributed by atoms with Crippen molar-refractivity contribution in [1.29, 1.82) is 0 Å². The third-order valence-electron chi connectivity index (χ3n) is 9.46. The van der Waals surface area contributed by atoms with Crippen LogP contribution in [0.5, 0.6) is 0 Å². The maximum Gasteiger partial charge on any atom is 0.326 e. The van der Waals surface area contributed by atoms with Crippen LogP contribution >= 0.6 is 0 Å². The van der Waals surface area contributed by atoms with Gasteiger partial charge in [-0.1, -0.05) is 58.0 Å². The van der Waals surface area contributed by atoms with E-state index >= 15 is 0 Å². The molecule has 1 aliphatic rings. The van der Waals surface area contributed by atoms with Crippen LogP contribution in [0.25, 0.3) is 0 Å². The summed E-state index contributed by atoms with van der Waals surface area (Å²) >= 11 is 0. The Hall–Kier alpha value is -5.83. The van der Waals surface area contributed by atoms with E-state index in [1.54, 1.807) is 44.2 Å². The van der Waals surface area contributed by atoms with Crippen molar-refractivity contribution in [3.8, 4) is 0 Å². The number of amides is 7. The van der Waals surface area contributed by atoms with Crippen LogP contribution in [-0.2, 0) is 44.8 Å². The fraction of sp³-hybridized carbons (Fsp3) is 0.605. The van der Waals surface area contributed by atoms with E-state index in [9.17, 15) is 48.6 Å². The minimum Gasteiger partial charge on any atom is -0.480 e. The number of nitrogens with one attached hydrogen (secondary N) is 5. The number of hydrogen-bond donors (Lipinski definition) is 11. The number of carboxylic acid groups (broad SMARTS) is 1. The minimum atomic E-state index is -1.55. The number of benzene rings is 1. The topological polar surface area (TPSA) is 357 Å². The van der Waals surface area contributed by atoms with Crippen molar-refractivity contribution in [3.63, 3.8) is 0 Å². The fourth-order valence-electron chi connectivity index (χ4n) is 6.38. The van der Waals surface area contributed by atoms with Crippen molar-refractivity contribution in [2.75, 3.05) is 19.7 Å². The number of hydrogen-bond acceptors (Lipinski definition) is 11. The highest BCUT2D eigenvalue weighted by Gasteiger charge is 2.39. The van der Waals surface area contributed by atoms with Gasteiger partial charge in [-0.05, 0) is 49.5 Å². The average molecular weight is 832 g/mol. The molecule has 21 heteroatoms. The highest BCUT2D eigenvalue weighted by atomic mass is 16.4. The summed E-state index contributed by atoms with van der Waals surface area (Å²) in [6.45, 7) is 6.37. The molecule has 328 valence electrons.